The highest BCUT2D eigenvalue weighted by Gasteiger charge is 2.23. The summed E-state index contributed by atoms with van der Waals surface area (Å²) in [6.07, 6.45) is 2.14. The summed E-state index contributed by atoms with van der Waals surface area (Å²) in [6, 6.07) is 12.7. The Labute approximate surface area is 165 Å². The Kier molecular flexibility index (Phi) is 6.19. The van der Waals surface area contributed by atoms with E-state index in [0.717, 1.165) is 24.1 Å². The molecule has 0 spiro atoms. The molecule has 6 nitrogen and oxygen atoms in total. The molecular formula is C22H26N2O4. The topological polar surface area (TPSA) is 67.9 Å². The molecule has 3 rings (SSSR count). The van der Waals surface area contributed by atoms with Crippen LogP contribution >= 0.6 is 0 Å². The fourth-order valence-corrected chi connectivity index (χ4v) is 3.47. The van der Waals surface area contributed by atoms with E-state index >= 15 is 0 Å². The Morgan fingerprint density at radius 1 is 1.14 bits per heavy atom. The van der Waals surface area contributed by atoms with E-state index in [1.165, 1.54) is 0 Å². The van der Waals surface area contributed by atoms with Crippen molar-refractivity contribution in [1.82, 2.24) is 5.32 Å². The van der Waals surface area contributed by atoms with Crippen molar-refractivity contribution in [2.24, 2.45) is 0 Å². The average molecular weight is 382 g/mol. The van der Waals surface area contributed by atoms with Crippen LogP contribution in [-0.4, -0.2) is 32.6 Å². The van der Waals surface area contributed by atoms with Crippen LogP contribution in [0.15, 0.2) is 42.5 Å². The van der Waals surface area contributed by atoms with E-state index in [-0.39, 0.29) is 17.9 Å². The maximum absolute atomic E-state index is 12.8. The Morgan fingerprint density at radius 3 is 2.57 bits per heavy atom. The molecule has 0 bridgehead atoms. The highest BCUT2D eigenvalue weighted by atomic mass is 16.5. The van der Waals surface area contributed by atoms with E-state index in [9.17, 15) is 9.59 Å². The fraction of sp³-hybridized carbons (Fsp3) is 0.364. The third-order valence-electron chi connectivity index (χ3n) is 5.02. The molecule has 1 saturated heterocycles. The molecule has 0 saturated carbocycles. The van der Waals surface area contributed by atoms with Crippen LogP contribution in [0.1, 0.15) is 48.1 Å². The molecule has 0 aliphatic carbocycles. The minimum atomic E-state index is -0.171. The Balaban J connectivity index is 1.78. The van der Waals surface area contributed by atoms with Crippen molar-refractivity contribution in [3.63, 3.8) is 0 Å². The highest BCUT2D eigenvalue weighted by molar-refractivity contribution is 5.99. The Hall–Kier alpha value is -3.02. The number of methoxy groups -OCH3 is 2. The van der Waals surface area contributed by atoms with Crippen molar-refractivity contribution in [2.45, 2.75) is 32.2 Å². The maximum atomic E-state index is 12.8. The summed E-state index contributed by atoms with van der Waals surface area (Å²) in [5.41, 5.74) is 2.25. The van der Waals surface area contributed by atoms with Crippen LogP contribution in [0.2, 0.25) is 0 Å². The van der Waals surface area contributed by atoms with Crippen LogP contribution in [0.4, 0.5) is 5.69 Å². The molecule has 148 valence electrons. The Morgan fingerprint density at radius 2 is 1.93 bits per heavy atom. The van der Waals surface area contributed by atoms with Crippen molar-refractivity contribution in [3.05, 3.63) is 53.6 Å². The molecule has 1 unspecified atom stereocenters. The summed E-state index contributed by atoms with van der Waals surface area (Å²) in [7, 11) is 3.18. The normalized spacial score (nSPS) is 14.7. The zero-order valence-electron chi connectivity index (χ0n) is 16.5. The molecule has 1 heterocycles. The van der Waals surface area contributed by atoms with Gasteiger partial charge in [0.1, 0.15) is 0 Å². The van der Waals surface area contributed by atoms with Gasteiger partial charge in [-0.05, 0) is 48.7 Å². The lowest BCUT2D eigenvalue weighted by molar-refractivity contribution is -0.117. The van der Waals surface area contributed by atoms with Gasteiger partial charge in [-0.2, -0.15) is 0 Å². The summed E-state index contributed by atoms with van der Waals surface area (Å²) in [4.78, 5) is 26.6. The monoisotopic (exact) mass is 382 g/mol. The Bertz CT molecular complexity index is 865. The number of amides is 2. The second kappa shape index (κ2) is 8.78. The number of benzene rings is 2. The first kappa shape index (κ1) is 19.7. The van der Waals surface area contributed by atoms with Gasteiger partial charge in [0.15, 0.2) is 11.5 Å². The summed E-state index contributed by atoms with van der Waals surface area (Å²) in [5.74, 6) is 1.21. The molecule has 6 heteroatoms. The zero-order chi connectivity index (χ0) is 20.1. The first-order chi connectivity index (χ1) is 13.6. The smallest absolute Gasteiger partial charge is 0.251 e. The van der Waals surface area contributed by atoms with Crippen molar-refractivity contribution >= 4 is 17.5 Å². The minimum absolute atomic E-state index is 0.106. The number of hydrogen-bond acceptors (Lipinski definition) is 4. The van der Waals surface area contributed by atoms with Gasteiger partial charge in [0.2, 0.25) is 5.91 Å². The quantitative estimate of drug-likeness (QED) is 0.793. The molecule has 0 radical (unpaired) electrons. The second-order valence-corrected chi connectivity index (χ2v) is 6.75. The van der Waals surface area contributed by atoms with Crippen molar-refractivity contribution in [1.29, 1.82) is 0 Å². The second-order valence-electron chi connectivity index (χ2n) is 6.75. The lowest BCUT2D eigenvalue weighted by atomic mass is 10.0. The van der Waals surface area contributed by atoms with Gasteiger partial charge in [0.25, 0.3) is 5.91 Å². The van der Waals surface area contributed by atoms with E-state index in [4.69, 9.17) is 9.47 Å². The third-order valence-corrected chi connectivity index (χ3v) is 5.02. The number of anilines is 1. The first-order valence-corrected chi connectivity index (χ1v) is 9.50. The standard InChI is InChI=1S/C22H26N2O4/c1-4-18(15-10-11-19(27-2)20(14-15)28-3)23-22(26)16-7-5-8-17(13-16)24-12-6-9-21(24)25/h5,7-8,10-11,13-14,18H,4,6,9,12H2,1-3H3,(H,23,26). The van der Waals surface area contributed by atoms with Crippen LogP contribution in [-0.2, 0) is 4.79 Å². The molecule has 1 fully saturated rings. The predicted octanol–water partition coefficient (Wildman–Crippen LogP) is 3.71. The number of hydrogen-bond donors (Lipinski definition) is 1. The fourth-order valence-electron chi connectivity index (χ4n) is 3.47. The molecule has 2 aromatic carbocycles. The van der Waals surface area contributed by atoms with Crippen LogP contribution in [0.25, 0.3) is 0 Å². The lowest BCUT2D eigenvalue weighted by Gasteiger charge is -2.20. The SMILES string of the molecule is CCC(NC(=O)c1cccc(N2CCCC2=O)c1)c1ccc(OC)c(OC)c1. The molecule has 1 N–H and O–H groups in total. The van der Waals surface area contributed by atoms with Gasteiger partial charge in [-0.15, -0.1) is 0 Å². The van der Waals surface area contributed by atoms with Gasteiger partial charge in [-0.1, -0.05) is 19.1 Å². The first-order valence-electron chi connectivity index (χ1n) is 9.50. The van der Waals surface area contributed by atoms with E-state index in [2.05, 4.69) is 5.32 Å². The number of carbonyl (C=O) groups is 2. The molecular weight excluding hydrogens is 356 g/mol. The van der Waals surface area contributed by atoms with Gasteiger partial charge < -0.3 is 19.7 Å². The average Bonchev–Trinajstić information content (AvgIpc) is 3.17. The van der Waals surface area contributed by atoms with E-state index < -0.39 is 0 Å². The van der Waals surface area contributed by atoms with E-state index in [0.29, 0.717) is 30.0 Å². The van der Waals surface area contributed by atoms with Crippen LogP contribution < -0.4 is 19.7 Å². The molecule has 28 heavy (non-hydrogen) atoms. The molecule has 2 amide bonds. The predicted molar refractivity (Wildman–Crippen MR) is 108 cm³/mol. The zero-order valence-corrected chi connectivity index (χ0v) is 16.5. The molecule has 1 atom stereocenters. The van der Waals surface area contributed by atoms with Crippen LogP contribution in [0.3, 0.4) is 0 Å². The summed E-state index contributed by atoms with van der Waals surface area (Å²) in [5, 5.41) is 3.08. The largest absolute Gasteiger partial charge is 0.493 e. The molecule has 1 aliphatic rings. The maximum Gasteiger partial charge on any atom is 0.251 e. The van der Waals surface area contributed by atoms with Gasteiger partial charge in [0, 0.05) is 24.2 Å². The highest BCUT2D eigenvalue weighted by Crippen LogP contribution is 2.31. The van der Waals surface area contributed by atoms with Crippen LogP contribution in [0, 0.1) is 0 Å². The number of rotatable bonds is 7. The van der Waals surface area contributed by atoms with Crippen molar-refractivity contribution in [3.8, 4) is 11.5 Å². The minimum Gasteiger partial charge on any atom is -0.493 e. The summed E-state index contributed by atoms with van der Waals surface area (Å²) < 4.78 is 10.6. The van der Waals surface area contributed by atoms with E-state index in [1.54, 1.807) is 31.3 Å². The summed E-state index contributed by atoms with van der Waals surface area (Å²) >= 11 is 0. The van der Waals surface area contributed by atoms with Gasteiger partial charge in [0.05, 0.1) is 20.3 Å². The summed E-state index contributed by atoms with van der Waals surface area (Å²) in [6.45, 7) is 2.72. The van der Waals surface area contributed by atoms with E-state index in [1.807, 2.05) is 37.3 Å². The van der Waals surface area contributed by atoms with Crippen molar-refractivity contribution < 1.29 is 19.1 Å². The van der Waals surface area contributed by atoms with Crippen molar-refractivity contribution in [2.75, 3.05) is 25.7 Å². The molecule has 0 aromatic heterocycles. The van der Waals surface area contributed by atoms with Gasteiger partial charge >= 0.3 is 0 Å². The number of nitrogens with zero attached hydrogens (tertiary/aromatic N) is 1. The third kappa shape index (κ3) is 4.11. The molecule has 1 aliphatic heterocycles. The molecule has 2 aromatic rings. The number of carbonyl (C=O) groups excluding carboxylic acids is 2. The van der Waals surface area contributed by atoms with Gasteiger partial charge in [-0.25, -0.2) is 0 Å². The van der Waals surface area contributed by atoms with Gasteiger partial charge in [-0.3, -0.25) is 9.59 Å². The number of nitrogens with one attached hydrogen (secondary N) is 1. The van der Waals surface area contributed by atoms with Crippen LogP contribution in [0.5, 0.6) is 11.5 Å². The lowest BCUT2D eigenvalue weighted by Crippen LogP contribution is -2.29. The number of ether oxygens (including phenoxy) is 2.